The summed E-state index contributed by atoms with van der Waals surface area (Å²) >= 11 is 1.45. The molecule has 25 heavy (non-hydrogen) atoms. The molecule has 0 aliphatic heterocycles. The summed E-state index contributed by atoms with van der Waals surface area (Å²) in [4.78, 5) is 13.6. The Kier molecular flexibility index (Phi) is 5.64. The summed E-state index contributed by atoms with van der Waals surface area (Å²) in [5, 5.41) is 4.97. The van der Waals surface area contributed by atoms with Gasteiger partial charge in [0.15, 0.2) is 0 Å². The van der Waals surface area contributed by atoms with E-state index in [2.05, 4.69) is 30.4 Å². The first kappa shape index (κ1) is 17.4. The summed E-state index contributed by atoms with van der Waals surface area (Å²) in [6.45, 7) is 3.31. The van der Waals surface area contributed by atoms with Gasteiger partial charge in [0.25, 0.3) is 0 Å². The normalized spacial score (nSPS) is 10.6. The maximum Gasteiger partial charge on any atom is 0.206 e. The molecule has 0 saturated carbocycles. The third-order valence-corrected chi connectivity index (χ3v) is 4.80. The van der Waals surface area contributed by atoms with Gasteiger partial charge in [-0.25, -0.2) is 0 Å². The topological polar surface area (TPSA) is 38.3 Å². The highest BCUT2D eigenvalue weighted by Crippen LogP contribution is 2.30. The predicted molar refractivity (Wildman–Crippen MR) is 104 cm³/mol. The van der Waals surface area contributed by atoms with Crippen molar-refractivity contribution in [2.45, 2.75) is 6.92 Å². The van der Waals surface area contributed by atoms with E-state index >= 15 is 0 Å². The maximum absolute atomic E-state index is 12.9. The van der Waals surface area contributed by atoms with E-state index in [4.69, 9.17) is 4.74 Å². The smallest absolute Gasteiger partial charge is 0.206 e. The molecular weight excluding hydrogens is 330 g/mol. The number of hydrogen-bond donors (Lipinski definition) is 1. The summed E-state index contributed by atoms with van der Waals surface area (Å²) in [5.41, 5.74) is 3.92. The van der Waals surface area contributed by atoms with Crippen LogP contribution in [0, 0.1) is 6.92 Å². The average molecular weight is 351 g/mol. The Hall–Kier alpha value is -2.43. The van der Waals surface area contributed by atoms with Crippen LogP contribution in [0.5, 0.6) is 5.75 Å². The van der Waals surface area contributed by atoms with Gasteiger partial charge in [0.1, 0.15) is 12.4 Å². The molecule has 1 aromatic heterocycles. The van der Waals surface area contributed by atoms with Crippen molar-refractivity contribution in [3.8, 4) is 16.9 Å². The standard InChI is InChI=1S/C21H21NO2S/c1-15-5-3-6-16(13-15)17-8-9-19(24-11-10-22-2)18(14-17)21(23)20-7-4-12-25-20/h3-9,12-14,22H,10-11H2,1-2H3. The molecule has 0 unspecified atom stereocenters. The van der Waals surface area contributed by atoms with Crippen LogP contribution >= 0.6 is 11.3 Å². The Morgan fingerprint density at radius 1 is 1.08 bits per heavy atom. The van der Waals surface area contributed by atoms with Crippen LogP contribution in [0.1, 0.15) is 20.8 Å². The zero-order chi connectivity index (χ0) is 17.6. The lowest BCUT2D eigenvalue weighted by Crippen LogP contribution is -2.17. The van der Waals surface area contributed by atoms with Crippen LogP contribution in [-0.4, -0.2) is 26.0 Å². The number of nitrogens with one attached hydrogen (secondary N) is 1. The Labute approximate surface area is 152 Å². The lowest BCUT2D eigenvalue weighted by atomic mass is 9.98. The van der Waals surface area contributed by atoms with Crippen molar-refractivity contribution in [2.75, 3.05) is 20.2 Å². The number of hydrogen-bond acceptors (Lipinski definition) is 4. The molecule has 0 fully saturated rings. The number of ether oxygens (including phenoxy) is 1. The van der Waals surface area contributed by atoms with Crippen LogP contribution < -0.4 is 10.1 Å². The fraction of sp³-hybridized carbons (Fsp3) is 0.190. The number of benzene rings is 2. The number of aryl methyl sites for hydroxylation is 1. The van der Waals surface area contributed by atoms with Gasteiger partial charge in [-0.05, 0) is 48.7 Å². The zero-order valence-corrected chi connectivity index (χ0v) is 15.2. The number of carbonyl (C=O) groups excluding carboxylic acids is 1. The second kappa shape index (κ2) is 8.10. The average Bonchev–Trinajstić information content (AvgIpc) is 3.16. The summed E-state index contributed by atoms with van der Waals surface area (Å²) < 4.78 is 5.83. The van der Waals surface area contributed by atoms with E-state index < -0.39 is 0 Å². The van der Waals surface area contributed by atoms with Gasteiger partial charge >= 0.3 is 0 Å². The van der Waals surface area contributed by atoms with E-state index in [1.165, 1.54) is 16.9 Å². The first-order valence-corrected chi connectivity index (χ1v) is 9.13. The fourth-order valence-corrected chi connectivity index (χ4v) is 3.32. The molecule has 0 aliphatic rings. The van der Waals surface area contributed by atoms with Crippen molar-refractivity contribution in [2.24, 2.45) is 0 Å². The van der Waals surface area contributed by atoms with E-state index in [-0.39, 0.29) is 5.78 Å². The highest BCUT2D eigenvalue weighted by atomic mass is 32.1. The second-order valence-electron chi connectivity index (χ2n) is 5.84. The summed E-state index contributed by atoms with van der Waals surface area (Å²) in [5.74, 6) is 0.633. The summed E-state index contributed by atoms with van der Waals surface area (Å²) in [6, 6.07) is 17.9. The number of ketones is 1. The Bertz CT molecular complexity index is 856. The van der Waals surface area contributed by atoms with Gasteiger partial charge in [-0.1, -0.05) is 42.0 Å². The van der Waals surface area contributed by atoms with Gasteiger partial charge in [-0.2, -0.15) is 0 Å². The van der Waals surface area contributed by atoms with E-state index in [1.54, 1.807) is 0 Å². The Balaban J connectivity index is 2.00. The van der Waals surface area contributed by atoms with E-state index in [1.807, 2.05) is 48.8 Å². The molecule has 0 aliphatic carbocycles. The van der Waals surface area contributed by atoms with Crippen LogP contribution in [0.25, 0.3) is 11.1 Å². The van der Waals surface area contributed by atoms with Crippen LogP contribution in [-0.2, 0) is 0 Å². The minimum absolute atomic E-state index is 0.00367. The molecule has 3 aromatic rings. The number of likely N-dealkylation sites (N-methyl/N-ethyl adjacent to an activating group) is 1. The second-order valence-corrected chi connectivity index (χ2v) is 6.79. The van der Waals surface area contributed by atoms with Crippen molar-refractivity contribution in [1.82, 2.24) is 5.32 Å². The number of rotatable bonds is 7. The lowest BCUT2D eigenvalue weighted by molar-refractivity contribution is 0.103. The summed E-state index contributed by atoms with van der Waals surface area (Å²) in [7, 11) is 1.88. The van der Waals surface area contributed by atoms with Crippen LogP contribution in [0.2, 0.25) is 0 Å². The van der Waals surface area contributed by atoms with Crippen LogP contribution in [0.4, 0.5) is 0 Å². The van der Waals surface area contributed by atoms with Gasteiger partial charge in [0.2, 0.25) is 5.78 Å². The van der Waals surface area contributed by atoms with Crippen LogP contribution in [0.15, 0.2) is 60.0 Å². The van der Waals surface area contributed by atoms with Gasteiger partial charge in [-0.3, -0.25) is 4.79 Å². The summed E-state index contributed by atoms with van der Waals surface area (Å²) in [6.07, 6.45) is 0. The molecule has 0 spiro atoms. The molecule has 0 saturated heterocycles. The molecule has 0 radical (unpaired) electrons. The minimum atomic E-state index is 0.00367. The van der Waals surface area contributed by atoms with E-state index in [9.17, 15) is 4.79 Å². The van der Waals surface area contributed by atoms with Crippen molar-refractivity contribution in [3.63, 3.8) is 0 Å². The quantitative estimate of drug-likeness (QED) is 0.501. The first-order valence-electron chi connectivity index (χ1n) is 8.26. The number of thiophene rings is 1. The van der Waals surface area contributed by atoms with Gasteiger partial charge in [-0.15, -0.1) is 11.3 Å². The largest absolute Gasteiger partial charge is 0.491 e. The van der Waals surface area contributed by atoms with Crippen LogP contribution in [0.3, 0.4) is 0 Å². The fourth-order valence-electron chi connectivity index (χ4n) is 2.64. The van der Waals surface area contributed by atoms with Gasteiger partial charge in [0, 0.05) is 6.54 Å². The third kappa shape index (κ3) is 4.16. The molecule has 3 rings (SSSR count). The monoisotopic (exact) mass is 351 g/mol. The highest BCUT2D eigenvalue weighted by Gasteiger charge is 2.17. The van der Waals surface area contributed by atoms with Crippen molar-refractivity contribution >= 4 is 17.1 Å². The molecular formula is C21H21NO2S. The Morgan fingerprint density at radius 3 is 2.64 bits per heavy atom. The highest BCUT2D eigenvalue weighted by molar-refractivity contribution is 7.12. The van der Waals surface area contributed by atoms with Gasteiger partial charge < -0.3 is 10.1 Å². The molecule has 128 valence electrons. The Morgan fingerprint density at radius 2 is 1.92 bits per heavy atom. The zero-order valence-electron chi connectivity index (χ0n) is 14.4. The molecule has 3 nitrogen and oxygen atoms in total. The molecule has 1 heterocycles. The SMILES string of the molecule is CNCCOc1ccc(-c2cccc(C)c2)cc1C(=O)c1cccs1. The molecule has 0 bridgehead atoms. The minimum Gasteiger partial charge on any atom is -0.491 e. The maximum atomic E-state index is 12.9. The van der Waals surface area contributed by atoms with E-state index in [0.717, 1.165) is 22.5 Å². The molecule has 2 aromatic carbocycles. The number of carbonyl (C=O) groups is 1. The van der Waals surface area contributed by atoms with Crippen molar-refractivity contribution in [1.29, 1.82) is 0 Å². The predicted octanol–water partition coefficient (Wildman–Crippen LogP) is 4.55. The first-order chi connectivity index (χ1) is 12.2. The third-order valence-electron chi connectivity index (χ3n) is 3.93. The van der Waals surface area contributed by atoms with E-state index in [0.29, 0.717) is 17.9 Å². The van der Waals surface area contributed by atoms with Gasteiger partial charge in [0.05, 0.1) is 10.4 Å². The molecule has 1 N–H and O–H groups in total. The molecule has 0 atom stereocenters. The lowest BCUT2D eigenvalue weighted by Gasteiger charge is -2.13. The molecule has 4 heteroatoms. The molecule has 0 amide bonds. The van der Waals surface area contributed by atoms with Crippen molar-refractivity contribution < 1.29 is 9.53 Å². The van der Waals surface area contributed by atoms with Crippen molar-refractivity contribution in [3.05, 3.63) is 76.0 Å².